The van der Waals surface area contributed by atoms with E-state index in [0.29, 0.717) is 6.16 Å². The first-order chi connectivity index (χ1) is 10.3. The summed E-state index contributed by atoms with van der Waals surface area (Å²) in [7, 11) is -1.90. The van der Waals surface area contributed by atoms with Crippen LogP contribution in [0.2, 0.25) is 0 Å². The van der Waals surface area contributed by atoms with Crippen molar-refractivity contribution in [1.82, 2.24) is 0 Å². The smallest absolute Gasteiger partial charge is 0.161 e. The van der Waals surface area contributed by atoms with Gasteiger partial charge in [-0.2, -0.15) is 4.89 Å². The molecule has 21 heavy (non-hydrogen) atoms. The molecule has 0 aromatic rings. The molecule has 0 spiro atoms. The van der Waals surface area contributed by atoms with Crippen molar-refractivity contribution < 1.29 is 9.46 Å². The van der Waals surface area contributed by atoms with E-state index >= 15 is 0 Å². The van der Waals surface area contributed by atoms with E-state index in [-0.39, 0.29) is 0 Å². The van der Waals surface area contributed by atoms with Crippen LogP contribution in [0.3, 0.4) is 0 Å². The Morgan fingerprint density at radius 1 is 0.714 bits per heavy atom. The third-order valence-corrected chi connectivity index (χ3v) is 4.56. The van der Waals surface area contributed by atoms with Gasteiger partial charge in [-0.3, -0.25) is 0 Å². The van der Waals surface area contributed by atoms with Crippen molar-refractivity contribution in [2.75, 3.05) is 6.16 Å². The number of rotatable bonds is 16. The molecular formula is C18H36O2P+. The SMILES string of the molecule is CCCCCCCCC=CCCCCCCCC[P+](=O)O. The average Bonchev–Trinajstić information content (AvgIpc) is 2.46. The van der Waals surface area contributed by atoms with Crippen molar-refractivity contribution in [2.24, 2.45) is 0 Å². The van der Waals surface area contributed by atoms with Crippen LogP contribution < -0.4 is 0 Å². The Balaban J connectivity index is 3.07. The summed E-state index contributed by atoms with van der Waals surface area (Å²) < 4.78 is 10.5. The zero-order valence-electron chi connectivity index (χ0n) is 14.1. The third kappa shape index (κ3) is 19.8. The molecule has 1 unspecified atom stereocenters. The van der Waals surface area contributed by atoms with E-state index in [9.17, 15) is 4.57 Å². The van der Waals surface area contributed by atoms with Crippen LogP contribution >= 0.6 is 8.03 Å². The minimum absolute atomic E-state index is 0.483. The van der Waals surface area contributed by atoms with Gasteiger partial charge in [0.1, 0.15) is 0 Å². The van der Waals surface area contributed by atoms with Gasteiger partial charge in [-0.15, -0.1) is 0 Å². The van der Waals surface area contributed by atoms with Gasteiger partial charge in [-0.25, -0.2) is 0 Å². The van der Waals surface area contributed by atoms with Crippen LogP contribution in [0, 0.1) is 0 Å². The second kappa shape index (κ2) is 17.9. The topological polar surface area (TPSA) is 37.3 Å². The van der Waals surface area contributed by atoms with Gasteiger partial charge < -0.3 is 0 Å². The monoisotopic (exact) mass is 315 g/mol. The first-order valence-corrected chi connectivity index (χ1v) is 10.5. The van der Waals surface area contributed by atoms with Crippen LogP contribution in [-0.4, -0.2) is 11.1 Å². The van der Waals surface area contributed by atoms with Gasteiger partial charge in [-0.1, -0.05) is 70.4 Å². The number of hydrogen-bond donors (Lipinski definition) is 1. The van der Waals surface area contributed by atoms with Gasteiger partial charge in [0.2, 0.25) is 0 Å². The molecule has 1 atom stereocenters. The van der Waals surface area contributed by atoms with E-state index in [2.05, 4.69) is 19.1 Å². The molecule has 0 aromatic heterocycles. The Morgan fingerprint density at radius 3 is 1.62 bits per heavy atom. The molecule has 2 nitrogen and oxygen atoms in total. The molecule has 0 amide bonds. The van der Waals surface area contributed by atoms with Crippen molar-refractivity contribution in [3.05, 3.63) is 12.2 Å². The number of allylic oxidation sites excluding steroid dienone is 2. The molecular weight excluding hydrogens is 279 g/mol. The maximum absolute atomic E-state index is 10.5. The van der Waals surface area contributed by atoms with Gasteiger partial charge in [0.25, 0.3) is 0 Å². The summed E-state index contributed by atoms with van der Waals surface area (Å²) in [6, 6.07) is 0. The van der Waals surface area contributed by atoms with Crippen LogP contribution in [0.1, 0.15) is 96.8 Å². The van der Waals surface area contributed by atoms with Crippen molar-refractivity contribution >= 4 is 8.03 Å². The second-order valence-corrected chi connectivity index (χ2v) is 7.17. The summed E-state index contributed by atoms with van der Waals surface area (Å²) in [4.78, 5) is 8.67. The predicted octanol–water partition coefficient (Wildman–Crippen LogP) is 6.76. The quantitative estimate of drug-likeness (QED) is 0.194. The Morgan fingerprint density at radius 2 is 1.14 bits per heavy atom. The highest BCUT2D eigenvalue weighted by Crippen LogP contribution is 2.17. The second-order valence-electron chi connectivity index (χ2n) is 6.01. The van der Waals surface area contributed by atoms with Crippen molar-refractivity contribution in [3.63, 3.8) is 0 Å². The van der Waals surface area contributed by atoms with Gasteiger partial charge in [-0.05, 0) is 43.1 Å². The zero-order valence-corrected chi connectivity index (χ0v) is 15.0. The minimum atomic E-state index is -1.90. The third-order valence-electron chi connectivity index (χ3n) is 3.86. The van der Waals surface area contributed by atoms with Crippen LogP contribution in [-0.2, 0) is 4.57 Å². The van der Waals surface area contributed by atoms with Crippen LogP contribution in [0.4, 0.5) is 0 Å². The Bertz CT molecular complexity index is 252. The fraction of sp³-hybridized carbons (Fsp3) is 0.889. The molecule has 0 aliphatic rings. The molecule has 0 saturated heterocycles. The molecule has 0 bridgehead atoms. The van der Waals surface area contributed by atoms with Crippen LogP contribution in [0.25, 0.3) is 0 Å². The minimum Gasteiger partial charge on any atom is -0.161 e. The van der Waals surface area contributed by atoms with E-state index in [0.717, 1.165) is 12.8 Å². The molecule has 0 aliphatic carbocycles. The Hall–Kier alpha value is -0.200. The summed E-state index contributed by atoms with van der Waals surface area (Å²) >= 11 is 0. The lowest BCUT2D eigenvalue weighted by Crippen LogP contribution is -1.82. The van der Waals surface area contributed by atoms with E-state index in [1.54, 1.807) is 0 Å². The van der Waals surface area contributed by atoms with Crippen molar-refractivity contribution in [1.29, 1.82) is 0 Å². The number of hydrogen-bond acceptors (Lipinski definition) is 1. The molecule has 0 aliphatic heterocycles. The normalized spacial score (nSPS) is 12.2. The zero-order chi connectivity index (χ0) is 15.6. The van der Waals surface area contributed by atoms with Crippen molar-refractivity contribution in [3.8, 4) is 0 Å². The summed E-state index contributed by atoms with van der Waals surface area (Å²) in [6.07, 6.45) is 23.1. The van der Waals surface area contributed by atoms with E-state index in [1.807, 2.05) is 0 Å². The van der Waals surface area contributed by atoms with Gasteiger partial charge in [0.15, 0.2) is 6.16 Å². The summed E-state index contributed by atoms with van der Waals surface area (Å²) in [5.41, 5.74) is 0. The van der Waals surface area contributed by atoms with Gasteiger partial charge >= 0.3 is 8.03 Å². The molecule has 124 valence electrons. The van der Waals surface area contributed by atoms with Crippen LogP contribution in [0.5, 0.6) is 0 Å². The van der Waals surface area contributed by atoms with E-state index in [4.69, 9.17) is 4.89 Å². The molecule has 0 rings (SSSR count). The molecule has 3 heteroatoms. The summed E-state index contributed by atoms with van der Waals surface area (Å²) in [6.45, 7) is 2.26. The molecule has 0 aromatic carbocycles. The molecule has 1 N–H and O–H groups in total. The van der Waals surface area contributed by atoms with E-state index < -0.39 is 8.03 Å². The molecule has 0 fully saturated rings. The Labute approximate surface area is 133 Å². The lowest BCUT2D eigenvalue weighted by molar-refractivity contribution is 0.498. The largest absolute Gasteiger partial charge is 0.505 e. The molecule has 0 saturated carbocycles. The number of unbranched alkanes of at least 4 members (excludes halogenated alkanes) is 12. The average molecular weight is 315 g/mol. The molecule has 0 radical (unpaired) electrons. The van der Waals surface area contributed by atoms with Crippen LogP contribution in [0.15, 0.2) is 12.2 Å². The van der Waals surface area contributed by atoms with Crippen molar-refractivity contribution in [2.45, 2.75) is 96.8 Å². The summed E-state index contributed by atoms with van der Waals surface area (Å²) in [5.74, 6) is 0. The predicted molar refractivity (Wildman–Crippen MR) is 94.1 cm³/mol. The first-order valence-electron chi connectivity index (χ1n) is 9.06. The van der Waals surface area contributed by atoms with E-state index in [1.165, 1.54) is 77.0 Å². The highest BCUT2D eigenvalue weighted by molar-refractivity contribution is 7.37. The molecule has 0 heterocycles. The fourth-order valence-electron chi connectivity index (χ4n) is 2.49. The Kier molecular flexibility index (Phi) is 17.7. The summed E-state index contributed by atoms with van der Waals surface area (Å²) in [5, 5.41) is 0. The lowest BCUT2D eigenvalue weighted by atomic mass is 10.1. The maximum Gasteiger partial charge on any atom is 0.505 e. The fourth-order valence-corrected chi connectivity index (χ4v) is 2.99. The highest BCUT2D eigenvalue weighted by atomic mass is 31.1. The highest BCUT2D eigenvalue weighted by Gasteiger charge is 2.07. The van der Waals surface area contributed by atoms with Gasteiger partial charge in [0, 0.05) is 0 Å². The van der Waals surface area contributed by atoms with Gasteiger partial charge in [0.05, 0.1) is 0 Å². The maximum atomic E-state index is 10.5. The standard InChI is InChI=1S/C18H35O2P/c1-2-3-4-5-6-7-8-9-10-11-12-13-14-15-16-17-18-21(19)20/h9-10H,2-8,11-18H2,1H3/p+1. The first kappa shape index (κ1) is 20.8. The lowest BCUT2D eigenvalue weighted by Gasteiger charge is -1.99.